The van der Waals surface area contributed by atoms with Crippen molar-refractivity contribution in [2.24, 2.45) is 0 Å². The first-order valence-corrected chi connectivity index (χ1v) is 6.51. The third-order valence-corrected chi connectivity index (χ3v) is 3.31. The van der Waals surface area contributed by atoms with E-state index in [2.05, 4.69) is 0 Å². The predicted octanol–water partition coefficient (Wildman–Crippen LogP) is 4.16. The van der Waals surface area contributed by atoms with Gasteiger partial charge in [0.15, 0.2) is 0 Å². The van der Waals surface area contributed by atoms with Crippen LogP contribution in [-0.2, 0) is 6.42 Å². The third kappa shape index (κ3) is 2.01. The zero-order valence-electron chi connectivity index (χ0n) is 11.0. The van der Waals surface area contributed by atoms with Gasteiger partial charge in [-0.3, -0.25) is 4.79 Å². The van der Waals surface area contributed by atoms with Crippen LogP contribution in [0.15, 0.2) is 57.7 Å². The maximum atomic E-state index is 13.4. The first kappa shape index (κ1) is 12.6. The van der Waals surface area contributed by atoms with Crippen molar-refractivity contribution >= 4 is 11.0 Å². The quantitative estimate of drug-likeness (QED) is 0.698. The molecule has 0 unspecified atom stereocenters. The van der Waals surface area contributed by atoms with Crippen LogP contribution in [0.25, 0.3) is 22.1 Å². The second kappa shape index (κ2) is 4.93. The summed E-state index contributed by atoms with van der Waals surface area (Å²) in [7, 11) is 0. The molecule has 2 nitrogen and oxygen atoms in total. The van der Waals surface area contributed by atoms with Crippen LogP contribution in [0.3, 0.4) is 0 Å². The molecule has 0 saturated heterocycles. The van der Waals surface area contributed by atoms with E-state index >= 15 is 0 Å². The average molecular weight is 268 g/mol. The third-order valence-electron chi connectivity index (χ3n) is 3.31. The fraction of sp³-hybridized carbons (Fsp3) is 0.118. The lowest BCUT2D eigenvalue weighted by atomic mass is 10.0. The number of benzene rings is 2. The molecular weight excluding hydrogens is 255 g/mol. The lowest BCUT2D eigenvalue weighted by Crippen LogP contribution is -2.09. The minimum atomic E-state index is -0.437. The number of hydrogen-bond acceptors (Lipinski definition) is 2. The van der Waals surface area contributed by atoms with Crippen LogP contribution in [0.1, 0.15) is 12.7 Å². The molecule has 0 aliphatic heterocycles. The molecular formula is C17H13FO2. The Bertz CT molecular complexity index is 820. The maximum Gasteiger partial charge on any atom is 0.200 e. The number of rotatable bonds is 2. The molecule has 3 aromatic rings. The lowest BCUT2D eigenvalue weighted by Gasteiger charge is -2.08. The molecule has 0 bridgehead atoms. The Hall–Kier alpha value is -2.42. The number of halogens is 1. The summed E-state index contributed by atoms with van der Waals surface area (Å²) >= 11 is 0. The van der Waals surface area contributed by atoms with Crippen LogP contribution in [0.4, 0.5) is 4.39 Å². The minimum absolute atomic E-state index is 0.186. The van der Waals surface area contributed by atoms with E-state index in [9.17, 15) is 9.18 Å². The molecule has 0 N–H and O–H groups in total. The highest BCUT2D eigenvalue weighted by molar-refractivity contribution is 5.82. The Morgan fingerprint density at radius 2 is 1.85 bits per heavy atom. The van der Waals surface area contributed by atoms with E-state index in [1.165, 1.54) is 18.2 Å². The van der Waals surface area contributed by atoms with E-state index in [-0.39, 0.29) is 10.8 Å². The highest BCUT2D eigenvalue weighted by Crippen LogP contribution is 2.25. The van der Waals surface area contributed by atoms with Crippen LogP contribution in [0.5, 0.6) is 0 Å². The Labute approximate surface area is 115 Å². The van der Waals surface area contributed by atoms with Gasteiger partial charge < -0.3 is 4.42 Å². The van der Waals surface area contributed by atoms with Crippen LogP contribution in [-0.4, -0.2) is 0 Å². The monoisotopic (exact) mass is 268 g/mol. The van der Waals surface area contributed by atoms with Gasteiger partial charge in [-0.1, -0.05) is 37.3 Å². The van der Waals surface area contributed by atoms with Crippen molar-refractivity contribution in [2.75, 3.05) is 0 Å². The molecule has 100 valence electrons. The first-order chi connectivity index (χ1) is 9.70. The topological polar surface area (TPSA) is 30.2 Å². The van der Waals surface area contributed by atoms with E-state index in [1.807, 2.05) is 37.3 Å². The number of aryl methyl sites for hydroxylation is 1. The van der Waals surface area contributed by atoms with Gasteiger partial charge in [0.1, 0.15) is 17.2 Å². The fourth-order valence-corrected chi connectivity index (χ4v) is 2.36. The number of hydrogen-bond donors (Lipinski definition) is 0. The fourth-order valence-electron chi connectivity index (χ4n) is 2.36. The van der Waals surface area contributed by atoms with E-state index in [1.54, 1.807) is 0 Å². The summed E-state index contributed by atoms with van der Waals surface area (Å²) in [5, 5.41) is 0.279. The van der Waals surface area contributed by atoms with E-state index in [4.69, 9.17) is 4.42 Å². The van der Waals surface area contributed by atoms with Crippen molar-refractivity contribution in [2.45, 2.75) is 13.3 Å². The zero-order valence-corrected chi connectivity index (χ0v) is 11.0. The minimum Gasteiger partial charge on any atom is -0.460 e. The van der Waals surface area contributed by atoms with Gasteiger partial charge in [0.25, 0.3) is 0 Å². The van der Waals surface area contributed by atoms with Gasteiger partial charge in [-0.25, -0.2) is 4.39 Å². The van der Waals surface area contributed by atoms with Crippen molar-refractivity contribution in [1.82, 2.24) is 0 Å². The second-order valence-corrected chi connectivity index (χ2v) is 4.59. The van der Waals surface area contributed by atoms with Crippen LogP contribution >= 0.6 is 0 Å². The highest BCUT2D eigenvalue weighted by Gasteiger charge is 2.15. The second-order valence-electron chi connectivity index (χ2n) is 4.59. The molecule has 0 aliphatic rings. The van der Waals surface area contributed by atoms with Crippen molar-refractivity contribution in [1.29, 1.82) is 0 Å². The predicted molar refractivity (Wildman–Crippen MR) is 77.3 cm³/mol. The molecule has 0 atom stereocenters. The van der Waals surface area contributed by atoms with Gasteiger partial charge in [-0.05, 0) is 23.8 Å². The summed E-state index contributed by atoms with van der Waals surface area (Å²) in [6, 6.07) is 13.4. The zero-order chi connectivity index (χ0) is 14.1. The summed E-state index contributed by atoms with van der Waals surface area (Å²) in [6.07, 6.45) is 0.604. The summed E-state index contributed by atoms with van der Waals surface area (Å²) < 4.78 is 19.1. The van der Waals surface area contributed by atoms with Gasteiger partial charge in [0.05, 0.1) is 10.9 Å². The molecule has 0 spiro atoms. The SMILES string of the molecule is CCc1oc2ccc(F)cc2c(=O)c1-c1ccccc1. The largest absolute Gasteiger partial charge is 0.460 e. The van der Waals surface area contributed by atoms with Crippen LogP contribution < -0.4 is 5.43 Å². The molecule has 0 radical (unpaired) electrons. The maximum absolute atomic E-state index is 13.4. The van der Waals surface area contributed by atoms with Gasteiger partial charge in [0, 0.05) is 6.42 Å². The summed E-state index contributed by atoms with van der Waals surface area (Å²) in [5.74, 6) is 0.188. The number of fused-ring (bicyclic) bond motifs is 1. The smallest absolute Gasteiger partial charge is 0.200 e. The highest BCUT2D eigenvalue weighted by atomic mass is 19.1. The van der Waals surface area contributed by atoms with E-state index in [0.29, 0.717) is 23.3 Å². The van der Waals surface area contributed by atoms with Crippen LogP contribution in [0, 0.1) is 5.82 Å². The first-order valence-electron chi connectivity index (χ1n) is 6.51. The standard InChI is InChI=1S/C17H13FO2/c1-2-14-16(11-6-4-3-5-7-11)17(19)13-10-12(18)8-9-15(13)20-14/h3-10H,2H2,1H3. The lowest BCUT2D eigenvalue weighted by molar-refractivity contribution is 0.544. The molecule has 1 aromatic heterocycles. The van der Waals surface area contributed by atoms with E-state index < -0.39 is 5.82 Å². The van der Waals surface area contributed by atoms with Crippen molar-refractivity contribution in [3.8, 4) is 11.1 Å². The summed E-state index contributed by atoms with van der Waals surface area (Å²) in [6.45, 7) is 1.93. The summed E-state index contributed by atoms with van der Waals surface area (Å²) in [5.41, 5.74) is 1.55. The van der Waals surface area contributed by atoms with Gasteiger partial charge in [-0.15, -0.1) is 0 Å². The van der Waals surface area contributed by atoms with Gasteiger partial charge in [-0.2, -0.15) is 0 Å². The van der Waals surface area contributed by atoms with Crippen molar-refractivity contribution in [3.05, 3.63) is 70.3 Å². The molecule has 2 aromatic carbocycles. The average Bonchev–Trinajstić information content (AvgIpc) is 2.48. The molecule has 0 fully saturated rings. The van der Waals surface area contributed by atoms with Crippen molar-refractivity contribution < 1.29 is 8.81 Å². The Kier molecular flexibility index (Phi) is 3.11. The van der Waals surface area contributed by atoms with Crippen LogP contribution in [0.2, 0.25) is 0 Å². The van der Waals surface area contributed by atoms with Gasteiger partial charge in [0.2, 0.25) is 5.43 Å². The van der Waals surface area contributed by atoms with Gasteiger partial charge >= 0.3 is 0 Å². The normalized spacial score (nSPS) is 10.9. The summed E-state index contributed by atoms with van der Waals surface area (Å²) in [4.78, 5) is 12.6. The van der Waals surface area contributed by atoms with E-state index in [0.717, 1.165) is 5.56 Å². The Morgan fingerprint density at radius 3 is 2.55 bits per heavy atom. The molecule has 20 heavy (non-hydrogen) atoms. The Morgan fingerprint density at radius 1 is 1.10 bits per heavy atom. The Balaban J connectivity index is 2.41. The molecule has 3 heteroatoms. The molecule has 1 heterocycles. The molecule has 0 aliphatic carbocycles. The van der Waals surface area contributed by atoms with Crippen molar-refractivity contribution in [3.63, 3.8) is 0 Å². The molecule has 0 amide bonds. The molecule has 3 rings (SSSR count). The molecule has 0 saturated carbocycles.